The molecule has 0 aliphatic rings. The molecule has 2 amide bonds. The van der Waals surface area contributed by atoms with Crippen molar-refractivity contribution < 1.29 is 9.59 Å². The van der Waals surface area contributed by atoms with Crippen molar-refractivity contribution in [1.82, 2.24) is 4.90 Å². The molecule has 1 aromatic rings. The molecule has 0 aromatic heterocycles. The molecule has 0 radical (unpaired) electrons. The highest BCUT2D eigenvalue weighted by atomic mass is 35.5. The van der Waals surface area contributed by atoms with Crippen LogP contribution in [-0.2, 0) is 9.59 Å². The molecule has 6 heteroatoms. The van der Waals surface area contributed by atoms with Crippen LogP contribution in [0.3, 0.4) is 0 Å². The third-order valence-corrected chi connectivity index (χ3v) is 4.22. The molecule has 0 unspecified atom stereocenters. The molecule has 0 N–H and O–H groups in total. The predicted molar refractivity (Wildman–Crippen MR) is 96.3 cm³/mol. The number of amides is 2. The molecule has 0 aliphatic carbocycles. The van der Waals surface area contributed by atoms with Crippen molar-refractivity contribution in [2.24, 2.45) is 0 Å². The van der Waals surface area contributed by atoms with Gasteiger partial charge in [-0.15, -0.1) is 0 Å². The van der Waals surface area contributed by atoms with Crippen molar-refractivity contribution in [3.63, 3.8) is 0 Å². The van der Waals surface area contributed by atoms with Crippen molar-refractivity contribution in [3.05, 3.63) is 28.2 Å². The Hall–Kier alpha value is -1.26. The molecule has 0 saturated heterocycles. The molecule has 1 aromatic carbocycles. The van der Waals surface area contributed by atoms with Gasteiger partial charge in [-0.05, 0) is 31.0 Å². The van der Waals surface area contributed by atoms with Crippen LogP contribution < -0.4 is 4.90 Å². The second kappa shape index (κ2) is 9.78. The Bertz CT molecular complexity index is 543. The second-order valence-electron chi connectivity index (χ2n) is 5.40. The highest BCUT2D eigenvalue weighted by Crippen LogP contribution is 2.27. The summed E-state index contributed by atoms with van der Waals surface area (Å²) in [5.41, 5.74) is 0.650. The zero-order valence-corrected chi connectivity index (χ0v) is 15.5. The molecule has 23 heavy (non-hydrogen) atoms. The third-order valence-electron chi connectivity index (χ3n) is 3.48. The summed E-state index contributed by atoms with van der Waals surface area (Å²) >= 11 is 11.9. The summed E-state index contributed by atoms with van der Waals surface area (Å²) in [5, 5.41) is 0.826. The van der Waals surface area contributed by atoms with Gasteiger partial charge in [0.05, 0.1) is 10.0 Å². The van der Waals surface area contributed by atoms with Crippen molar-refractivity contribution in [2.45, 2.75) is 40.0 Å². The van der Waals surface area contributed by atoms with Crippen molar-refractivity contribution in [2.75, 3.05) is 24.5 Å². The van der Waals surface area contributed by atoms with Gasteiger partial charge in [-0.25, -0.2) is 0 Å². The van der Waals surface area contributed by atoms with Gasteiger partial charge in [0, 0.05) is 38.7 Å². The Kier molecular flexibility index (Phi) is 8.42. The van der Waals surface area contributed by atoms with Crippen LogP contribution in [0.25, 0.3) is 0 Å². The largest absolute Gasteiger partial charge is 0.343 e. The fourth-order valence-corrected chi connectivity index (χ4v) is 2.68. The van der Waals surface area contributed by atoms with E-state index in [1.54, 1.807) is 23.1 Å². The Morgan fingerprint density at radius 2 is 1.61 bits per heavy atom. The molecule has 0 saturated carbocycles. The van der Waals surface area contributed by atoms with Crippen LogP contribution >= 0.6 is 23.2 Å². The molecule has 0 heterocycles. The number of carbonyl (C=O) groups excluding carboxylic acids is 2. The maximum atomic E-state index is 12.3. The minimum atomic E-state index is -0.131. The van der Waals surface area contributed by atoms with Gasteiger partial charge in [-0.2, -0.15) is 0 Å². The van der Waals surface area contributed by atoms with Crippen LogP contribution in [0.4, 0.5) is 5.69 Å². The average molecular weight is 359 g/mol. The first-order valence-electron chi connectivity index (χ1n) is 7.91. The Balaban J connectivity index is 2.78. The second-order valence-corrected chi connectivity index (χ2v) is 6.21. The van der Waals surface area contributed by atoms with E-state index in [1.165, 1.54) is 6.92 Å². The van der Waals surface area contributed by atoms with E-state index >= 15 is 0 Å². The number of benzene rings is 1. The van der Waals surface area contributed by atoms with E-state index in [-0.39, 0.29) is 11.8 Å². The van der Waals surface area contributed by atoms with E-state index in [2.05, 4.69) is 0 Å². The maximum absolute atomic E-state index is 12.3. The lowest BCUT2D eigenvalue weighted by Gasteiger charge is -2.25. The first-order valence-corrected chi connectivity index (χ1v) is 8.67. The lowest BCUT2D eigenvalue weighted by atomic mass is 10.2. The summed E-state index contributed by atoms with van der Waals surface area (Å²) in [6, 6.07) is 5.03. The predicted octanol–water partition coefficient (Wildman–Crippen LogP) is 4.39. The summed E-state index contributed by atoms with van der Waals surface area (Å²) in [7, 11) is 0. The number of hydrogen-bond acceptors (Lipinski definition) is 2. The fourth-order valence-electron chi connectivity index (χ4n) is 2.39. The van der Waals surface area contributed by atoms with Gasteiger partial charge in [-0.1, -0.05) is 37.0 Å². The molecule has 128 valence electrons. The van der Waals surface area contributed by atoms with E-state index in [4.69, 9.17) is 23.2 Å². The van der Waals surface area contributed by atoms with Crippen molar-refractivity contribution in [1.29, 1.82) is 0 Å². The van der Waals surface area contributed by atoms with Gasteiger partial charge in [0.15, 0.2) is 0 Å². The highest BCUT2D eigenvalue weighted by Gasteiger charge is 2.17. The number of rotatable bonds is 8. The molecule has 0 aliphatic heterocycles. The topological polar surface area (TPSA) is 40.6 Å². The molecular weight excluding hydrogens is 335 g/mol. The van der Waals surface area contributed by atoms with E-state index < -0.39 is 0 Å². The number of nitrogens with zero attached hydrogens (tertiary/aromatic N) is 2. The lowest BCUT2D eigenvalue weighted by molar-refractivity contribution is -0.131. The summed E-state index contributed by atoms with van der Waals surface area (Å²) in [6.45, 7) is 7.40. The standard InChI is InChI=1S/C17H24Cl2N2O2/c1-4-9-20(10-5-2)17(23)8-11-21(13(3)22)14-6-7-15(18)16(19)12-14/h6-7,12H,4-5,8-11H2,1-3H3. The Morgan fingerprint density at radius 1 is 1.00 bits per heavy atom. The zero-order valence-electron chi connectivity index (χ0n) is 13.9. The van der Waals surface area contributed by atoms with Gasteiger partial charge >= 0.3 is 0 Å². The summed E-state index contributed by atoms with van der Waals surface area (Å²) in [6.07, 6.45) is 2.14. The van der Waals surface area contributed by atoms with Crippen molar-refractivity contribution in [3.8, 4) is 0 Å². The molecule has 0 fully saturated rings. The third kappa shape index (κ3) is 6.04. The zero-order chi connectivity index (χ0) is 17.4. The maximum Gasteiger partial charge on any atom is 0.224 e. The number of anilines is 1. The SMILES string of the molecule is CCCN(CCC)C(=O)CCN(C(C)=O)c1ccc(Cl)c(Cl)c1. The normalized spacial score (nSPS) is 10.5. The van der Waals surface area contributed by atoms with Gasteiger partial charge in [0.1, 0.15) is 0 Å². The van der Waals surface area contributed by atoms with Crippen LogP contribution in [0.15, 0.2) is 18.2 Å². The summed E-state index contributed by atoms with van der Waals surface area (Å²) in [4.78, 5) is 27.6. The number of carbonyl (C=O) groups is 2. The lowest BCUT2D eigenvalue weighted by Crippen LogP contribution is -2.37. The summed E-state index contributed by atoms with van der Waals surface area (Å²) in [5.74, 6) is -0.0614. The van der Waals surface area contributed by atoms with E-state index in [0.29, 0.717) is 28.7 Å². The van der Waals surface area contributed by atoms with E-state index in [9.17, 15) is 9.59 Å². The molecule has 4 nitrogen and oxygen atoms in total. The Morgan fingerprint density at radius 3 is 2.09 bits per heavy atom. The summed E-state index contributed by atoms with van der Waals surface area (Å²) < 4.78 is 0. The monoisotopic (exact) mass is 358 g/mol. The van der Waals surface area contributed by atoms with Crippen LogP contribution in [-0.4, -0.2) is 36.3 Å². The number of halogens is 2. The molecule has 0 bridgehead atoms. The molecular formula is C17H24Cl2N2O2. The molecule has 0 atom stereocenters. The number of hydrogen-bond donors (Lipinski definition) is 0. The minimum absolute atomic E-state index is 0.0695. The quantitative estimate of drug-likeness (QED) is 0.691. The minimum Gasteiger partial charge on any atom is -0.343 e. The van der Waals surface area contributed by atoms with Crippen LogP contribution in [0, 0.1) is 0 Å². The molecule has 0 spiro atoms. The average Bonchev–Trinajstić information content (AvgIpc) is 2.50. The highest BCUT2D eigenvalue weighted by molar-refractivity contribution is 6.42. The van der Waals surface area contributed by atoms with Crippen molar-refractivity contribution >= 4 is 40.7 Å². The van der Waals surface area contributed by atoms with Gasteiger partial charge in [0.25, 0.3) is 0 Å². The smallest absolute Gasteiger partial charge is 0.224 e. The first-order chi connectivity index (χ1) is 10.9. The van der Waals surface area contributed by atoms with E-state index in [1.807, 2.05) is 18.7 Å². The van der Waals surface area contributed by atoms with Gasteiger partial charge in [-0.3, -0.25) is 9.59 Å². The van der Waals surface area contributed by atoms with E-state index in [0.717, 1.165) is 25.9 Å². The first kappa shape index (κ1) is 19.8. The van der Waals surface area contributed by atoms with Crippen LogP contribution in [0.1, 0.15) is 40.0 Å². The fraction of sp³-hybridized carbons (Fsp3) is 0.529. The van der Waals surface area contributed by atoms with Crippen LogP contribution in [0.5, 0.6) is 0 Å². The molecule has 1 rings (SSSR count). The van der Waals surface area contributed by atoms with Gasteiger partial charge in [0.2, 0.25) is 11.8 Å². The van der Waals surface area contributed by atoms with Crippen LogP contribution in [0.2, 0.25) is 10.0 Å². The Labute approximate surface area is 148 Å². The van der Waals surface area contributed by atoms with Gasteiger partial charge < -0.3 is 9.80 Å².